The predicted octanol–water partition coefficient (Wildman–Crippen LogP) is 3.28. The number of aliphatic hydroxyl groups is 1. The molecule has 0 aliphatic rings. The SMILES string of the molecule is Cn1c(C(=O)N[C@H](CO)c2ccc(CC(=O)O)cc2Cl)cc2c(O)c(Cl)ccc21. The van der Waals surface area contributed by atoms with E-state index in [1.807, 2.05) is 0 Å². The summed E-state index contributed by atoms with van der Waals surface area (Å²) in [5.41, 5.74) is 1.85. The molecular weight excluding hydrogens is 419 g/mol. The van der Waals surface area contributed by atoms with Gasteiger partial charge < -0.3 is 25.2 Å². The average molecular weight is 437 g/mol. The number of hydrogen-bond donors (Lipinski definition) is 4. The molecule has 0 spiro atoms. The second-order valence-corrected chi connectivity index (χ2v) is 7.37. The van der Waals surface area contributed by atoms with Crippen molar-refractivity contribution in [1.82, 2.24) is 9.88 Å². The number of carbonyl (C=O) groups excluding carboxylic acids is 1. The molecule has 4 N–H and O–H groups in total. The van der Waals surface area contributed by atoms with Gasteiger partial charge in [-0.15, -0.1) is 0 Å². The Balaban J connectivity index is 1.89. The summed E-state index contributed by atoms with van der Waals surface area (Å²) in [6, 6.07) is 8.60. The molecule has 1 atom stereocenters. The quantitative estimate of drug-likeness (QED) is 0.473. The highest BCUT2D eigenvalue weighted by Gasteiger charge is 2.22. The Morgan fingerprint density at radius 3 is 2.48 bits per heavy atom. The fraction of sp³-hybridized carbons (Fsp3) is 0.200. The molecule has 2 aromatic carbocycles. The summed E-state index contributed by atoms with van der Waals surface area (Å²) in [6.45, 7) is -0.412. The summed E-state index contributed by atoms with van der Waals surface area (Å²) < 4.78 is 1.60. The number of carboxylic acids is 1. The number of hydrogen-bond acceptors (Lipinski definition) is 4. The molecule has 1 amide bonds. The van der Waals surface area contributed by atoms with E-state index in [-0.39, 0.29) is 27.9 Å². The van der Waals surface area contributed by atoms with Gasteiger partial charge in [0.25, 0.3) is 5.91 Å². The number of aliphatic hydroxyl groups excluding tert-OH is 1. The lowest BCUT2D eigenvalue weighted by Gasteiger charge is -2.19. The number of carboxylic acid groups (broad SMARTS) is 1. The number of nitrogens with one attached hydrogen (secondary N) is 1. The molecule has 1 aromatic heterocycles. The van der Waals surface area contributed by atoms with Crippen molar-refractivity contribution in [2.75, 3.05) is 6.61 Å². The molecule has 0 fully saturated rings. The van der Waals surface area contributed by atoms with Crippen LogP contribution in [0, 0.1) is 0 Å². The van der Waals surface area contributed by atoms with Crippen LogP contribution in [0.15, 0.2) is 36.4 Å². The van der Waals surface area contributed by atoms with Crippen molar-refractivity contribution in [2.24, 2.45) is 7.05 Å². The van der Waals surface area contributed by atoms with Crippen LogP contribution in [0.25, 0.3) is 10.9 Å². The maximum absolute atomic E-state index is 12.8. The highest BCUT2D eigenvalue weighted by atomic mass is 35.5. The Hall–Kier alpha value is -2.74. The third kappa shape index (κ3) is 4.17. The minimum absolute atomic E-state index is 0.116. The van der Waals surface area contributed by atoms with E-state index in [9.17, 15) is 19.8 Å². The van der Waals surface area contributed by atoms with Crippen LogP contribution >= 0.6 is 23.2 Å². The monoisotopic (exact) mass is 436 g/mol. The van der Waals surface area contributed by atoms with Crippen molar-refractivity contribution in [3.8, 4) is 5.75 Å². The maximum atomic E-state index is 12.8. The normalized spacial score (nSPS) is 12.1. The van der Waals surface area contributed by atoms with Crippen LogP contribution in [0.1, 0.15) is 27.7 Å². The number of benzene rings is 2. The van der Waals surface area contributed by atoms with Gasteiger partial charge in [0.15, 0.2) is 0 Å². The summed E-state index contributed by atoms with van der Waals surface area (Å²) in [5.74, 6) is -1.58. The zero-order valence-corrected chi connectivity index (χ0v) is 16.8. The van der Waals surface area contributed by atoms with Gasteiger partial charge in [0.1, 0.15) is 11.4 Å². The van der Waals surface area contributed by atoms with Crippen molar-refractivity contribution in [1.29, 1.82) is 0 Å². The number of aromatic hydroxyl groups is 1. The topological polar surface area (TPSA) is 112 Å². The minimum Gasteiger partial charge on any atom is -0.506 e. The minimum atomic E-state index is -0.986. The molecule has 7 nitrogen and oxygen atoms in total. The Kier molecular flexibility index (Phi) is 6.02. The second-order valence-electron chi connectivity index (χ2n) is 6.55. The molecule has 0 unspecified atom stereocenters. The lowest BCUT2D eigenvalue weighted by Crippen LogP contribution is -2.32. The number of nitrogens with zero attached hydrogens (tertiary/aromatic N) is 1. The predicted molar refractivity (Wildman–Crippen MR) is 110 cm³/mol. The zero-order chi connectivity index (χ0) is 21.3. The molecule has 0 bridgehead atoms. The van der Waals surface area contributed by atoms with Gasteiger partial charge in [-0.2, -0.15) is 0 Å². The molecule has 9 heteroatoms. The van der Waals surface area contributed by atoms with Gasteiger partial charge in [0, 0.05) is 17.5 Å². The van der Waals surface area contributed by atoms with Crippen molar-refractivity contribution in [3.05, 3.63) is 63.3 Å². The number of halogens is 2. The van der Waals surface area contributed by atoms with Crippen LogP contribution in [0.5, 0.6) is 5.75 Å². The van der Waals surface area contributed by atoms with Crippen molar-refractivity contribution >= 4 is 46.0 Å². The van der Waals surface area contributed by atoms with Gasteiger partial charge in [-0.25, -0.2) is 0 Å². The van der Waals surface area contributed by atoms with E-state index in [0.717, 1.165) is 0 Å². The molecule has 0 saturated carbocycles. The maximum Gasteiger partial charge on any atom is 0.307 e. The highest BCUT2D eigenvalue weighted by Crippen LogP contribution is 2.34. The van der Waals surface area contributed by atoms with Crippen molar-refractivity contribution in [3.63, 3.8) is 0 Å². The molecule has 0 saturated heterocycles. The largest absolute Gasteiger partial charge is 0.506 e. The Labute approximate surface area is 176 Å². The number of carbonyl (C=O) groups is 2. The van der Waals surface area contributed by atoms with Gasteiger partial charge >= 0.3 is 5.97 Å². The molecule has 0 aliphatic heterocycles. The molecule has 29 heavy (non-hydrogen) atoms. The van der Waals surface area contributed by atoms with E-state index in [2.05, 4.69) is 5.32 Å². The first-order valence-corrected chi connectivity index (χ1v) is 9.37. The summed E-state index contributed by atoms with van der Waals surface area (Å²) in [5, 5.41) is 32.3. The number of amides is 1. The van der Waals surface area contributed by atoms with Crippen LogP contribution < -0.4 is 5.32 Å². The number of phenolic OH excluding ortho intramolecular Hbond substituents is 1. The zero-order valence-electron chi connectivity index (χ0n) is 15.3. The third-order valence-electron chi connectivity index (χ3n) is 4.66. The summed E-state index contributed by atoms with van der Waals surface area (Å²) in [7, 11) is 1.67. The first-order valence-electron chi connectivity index (χ1n) is 8.61. The highest BCUT2D eigenvalue weighted by molar-refractivity contribution is 6.33. The first-order chi connectivity index (χ1) is 13.7. The van der Waals surface area contributed by atoms with Gasteiger partial charge in [-0.1, -0.05) is 35.3 Å². The molecule has 3 aromatic rings. The molecule has 0 radical (unpaired) electrons. The molecular formula is C20H18Cl2N2O5. The number of aryl methyl sites for hydroxylation is 1. The van der Waals surface area contributed by atoms with Crippen LogP contribution in [0.2, 0.25) is 10.0 Å². The van der Waals surface area contributed by atoms with Crippen molar-refractivity contribution in [2.45, 2.75) is 12.5 Å². The van der Waals surface area contributed by atoms with E-state index < -0.39 is 24.5 Å². The molecule has 152 valence electrons. The summed E-state index contributed by atoms with van der Waals surface area (Å²) >= 11 is 12.2. The standard InChI is InChI=1S/C20H18Cl2N2O5/c1-24-16-5-4-13(21)19(28)12(16)8-17(24)20(29)23-15(9-25)11-3-2-10(6-14(11)22)7-18(26)27/h2-6,8,15,25,28H,7,9H2,1H3,(H,23,29)(H,26,27)/t15-/m1/s1. The number of phenols is 1. The third-order valence-corrected chi connectivity index (χ3v) is 5.30. The van der Waals surface area contributed by atoms with E-state index in [0.29, 0.717) is 22.0 Å². The smallest absolute Gasteiger partial charge is 0.307 e. The first kappa shape index (κ1) is 21.0. The Morgan fingerprint density at radius 2 is 1.86 bits per heavy atom. The number of aliphatic carboxylic acids is 1. The van der Waals surface area contributed by atoms with E-state index in [1.165, 1.54) is 18.2 Å². The fourth-order valence-corrected chi connectivity index (χ4v) is 3.68. The summed E-state index contributed by atoms with van der Waals surface area (Å²) in [6.07, 6.45) is -0.182. The van der Waals surface area contributed by atoms with Crippen molar-refractivity contribution < 1.29 is 24.9 Å². The second kappa shape index (κ2) is 8.32. The Bertz CT molecular complexity index is 1110. The van der Waals surface area contributed by atoms with Gasteiger partial charge in [0.2, 0.25) is 0 Å². The van der Waals surface area contributed by atoms with Gasteiger partial charge in [-0.05, 0) is 35.4 Å². The number of fused-ring (bicyclic) bond motifs is 1. The number of rotatable bonds is 6. The van der Waals surface area contributed by atoms with Gasteiger partial charge in [0.05, 0.1) is 29.6 Å². The van der Waals surface area contributed by atoms with Crippen LogP contribution in [-0.4, -0.2) is 38.4 Å². The van der Waals surface area contributed by atoms with E-state index in [4.69, 9.17) is 28.3 Å². The molecule has 0 aliphatic carbocycles. The van der Waals surface area contributed by atoms with E-state index in [1.54, 1.807) is 29.8 Å². The fourth-order valence-electron chi connectivity index (χ4n) is 3.18. The van der Waals surface area contributed by atoms with Gasteiger partial charge in [-0.3, -0.25) is 9.59 Å². The molecule has 3 rings (SSSR count). The lowest BCUT2D eigenvalue weighted by atomic mass is 10.0. The van der Waals surface area contributed by atoms with Crippen LogP contribution in [-0.2, 0) is 18.3 Å². The average Bonchev–Trinajstić information content (AvgIpc) is 3.00. The number of aromatic nitrogens is 1. The van der Waals surface area contributed by atoms with Crippen LogP contribution in [0.3, 0.4) is 0 Å². The molecule has 1 heterocycles. The van der Waals surface area contributed by atoms with Crippen LogP contribution in [0.4, 0.5) is 0 Å². The van der Waals surface area contributed by atoms with E-state index >= 15 is 0 Å². The Morgan fingerprint density at radius 1 is 1.14 bits per heavy atom. The summed E-state index contributed by atoms with van der Waals surface area (Å²) in [4.78, 5) is 23.7. The lowest BCUT2D eigenvalue weighted by molar-refractivity contribution is -0.136.